The highest BCUT2D eigenvalue weighted by Crippen LogP contribution is 2.19. The van der Waals surface area contributed by atoms with E-state index in [0.717, 1.165) is 31.9 Å². The average Bonchev–Trinajstić information content (AvgIpc) is 2.55. The Morgan fingerprint density at radius 1 is 0.864 bits per heavy atom. The SMILES string of the molecule is CC[C@H](C)Nc1nc(N[C@@H](C)CC)nc(N2CCCCC2)n1. The highest BCUT2D eigenvalue weighted by molar-refractivity contribution is 5.44. The molecule has 1 saturated heterocycles. The van der Waals surface area contributed by atoms with Crippen molar-refractivity contribution in [1.29, 1.82) is 0 Å². The first-order chi connectivity index (χ1) is 10.6. The minimum absolute atomic E-state index is 0.355. The third kappa shape index (κ3) is 4.71. The molecule has 1 fully saturated rings. The number of rotatable bonds is 7. The Morgan fingerprint density at radius 3 is 1.82 bits per heavy atom. The van der Waals surface area contributed by atoms with Crippen LogP contribution in [0.3, 0.4) is 0 Å². The van der Waals surface area contributed by atoms with Gasteiger partial charge in [0.25, 0.3) is 0 Å². The van der Waals surface area contributed by atoms with Crippen LogP contribution in [0.25, 0.3) is 0 Å². The van der Waals surface area contributed by atoms with Gasteiger partial charge in [-0.1, -0.05) is 13.8 Å². The van der Waals surface area contributed by atoms with Gasteiger partial charge in [0.2, 0.25) is 17.8 Å². The molecule has 2 N–H and O–H groups in total. The maximum atomic E-state index is 4.63. The Hall–Kier alpha value is -1.59. The number of hydrogen-bond donors (Lipinski definition) is 2. The molecular formula is C16H30N6. The van der Waals surface area contributed by atoms with Gasteiger partial charge in [0.05, 0.1) is 0 Å². The summed E-state index contributed by atoms with van der Waals surface area (Å²) in [5.41, 5.74) is 0. The van der Waals surface area contributed by atoms with E-state index >= 15 is 0 Å². The van der Waals surface area contributed by atoms with Crippen LogP contribution in [0.2, 0.25) is 0 Å². The maximum Gasteiger partial charge on any atom is 0.231 e. The predicted molar refractivity (Wildman–Crippen MR) is 92.6 cm³/mol. The van der Waals surface area contributed by atoms with Gasteiger partial charge in [0.15, 0.2) is 0 Å². The second kappa shape index (κ2) is 8.15. The van der Waals surface area contributed by atoms with Crippen LogP contribution in [0.4, 0.5) is 17.8 Å². The van der Waals surface area contributed by atoms with Crippen LogP contribution in [-0.2, 0) is 0 Å². The summed E-state index contributed by atoms with van der Waals surface area (Å²) in [5, 5.41) is 6.75. The number of nitrogens with one attached hydrogen (secondary N) is 2. The van der Waals surface area contributed by atoms with Crippen molar-refractivity contribution in [3.63, 3.8) is 0 Å². The van der Waals surface area contributed by atoms with Crippen LogP contribution in [0, 0.1) is 0 Å². The van der Waals surface area contributed by atoms with Gasteiger partial charge in [-0.15, -0.1) is 0 Å². The third-order valence-electron chi connectivity index (χ3n) is 4.24. The molecule has 1 aromatic rings. The van der Waals surface area contributed by atoms with E-state index in [1.54, 1.807) is 0 Å². The summed E-state index contributed by atoms with van der Waals surface area (Å²) in [5.74, 6) is 2.15. The molecule has 0 amide bonds. The van der Waals surface area contributed by atoms with Crippen molar-refractivity contribution in [1.82, 2.24) is 15.0 Å². The lowest BCUT2D eigenvalue weighted by atomic mass is 10.1. The average molecular weight is 306 g/mol. The zero-order valence-electron chi connectivity index (χ0n) is 14.4. The first kappa shape index (κ1) is 16.8. The van der Waals surface area contributed by atoms with E-state index in [0.29, 0.717) is 24.0 Å². The fourth-order valence-corrected chi connectivity index (χ4v) is 2.37. The van der Waals surface area contributed by atoms with Crippen LogP contribution in [-0.4, -0.2) is 40.1 Å². The van der Waals surface area contributed by atoms with Crippen LogP contribution < -0.4 is 15.5 Å². The molecule has 0 aromatic carbocycles. The van der Waals surface area contributed by atoms with E-state index in [4.69, 9.17) is 0 Å². The molecule has 22 heavy (non-hydrogen) atoms. The molecule has 0 saturated carbocycles. The van der Waals surface area contributed by atoms with Gasteiger partial charge in [-0.3, -0.25) is 0 Å². The van der Waals surface area contributed by atoms with Crippen LogP contribution in [0.5, 0.6) is 0 Å². The van der Waals surface area contributed by atoms with E-state index in [-0.39, 0.29) is 0 Å². The zero-order valence-corrected chi connectivity index (χ0v) is 14.4. The van der Waals surface area contributed by atoms with Crippen molar-refractivity contribution >= 4 is 17.8 Å². The summed E-state index contributed by atoms with van der Waals surface area (Å²) in [6, 6.07) is 0.709. The lowest BCUT2D eigenvalue weighted by Gasteiger charge is -2.27. The van der Waals surface area contributed by atoms with Crippen LogP contribution >= 0.6 is 0 Å². The monoisotopic (exact) mass is 306 g/mol. The second-order valence-electron chi connectivity index (χ2n) is 6.24. The van der Waals surface area contributed by atoms with E-state index in [9.17, 15) is 0 Å². The number of hydrogen-bond acceptors (Lipinski definition) is 6. The first-order valence-electron chi connectivity index (χ1n) is 8.66. The molecule has 2 atom stereocenters. The molecule has 0 bridgehead atoms. The summed E-state index contributed by atoms with van der Waals surface area (Å²) in [4.78, 5) is 16.1. The Bertz CT molecular complexity index is 428. The fourth-order valence-electron chi connectivity index (χ4n) is 2.37. The molecule has 2 rings (SSSR count). The Balaban J connectivity index is 2.22. The summed E-state index contributed by atoms with van der Waals surface area (Å²) >= 11 is 0. The quantitative estimate of drug-likeness (QED) is 0.806. The van der Waals surface area contributed by atoms with Gasteiger partial charge < -0.3 is 15.5 Å². The number of aromatic nitrogens is 3. The molecular weight excluding hydrogens is 276 g/mol. The summed E-state index contributed by atoms with van der Waals surface area (Å²) in [6.07, 6.45) is 5.82. The highest BCUT2D eigenvalue weighted by atomic mass is 15.3. The van der Waals surface area contributed by atoms with Gasteiger partial charge >= 0.3 is 0 Å². The molecule has 124 valence electrons. The molecule has 0 spiro atoms. The van der Waals surface area contributed by atoms with Crippen molar-refractivity contribution in [3.8, 4) is 0 Å². The molecule has 1 aromatic heterocycles. The Morgan fingerprint density at radius 2 is 1.36 bits per heavy atom. The molecule has 0 aliphatic carbocycles. The molecule has 6 heteroatoms. The second-order valence-corrected chi connectivity index (χ2v) is 6.24. The van der Waals surface area contributed by atoms with Gasteiger partial charge in [-0.25, -0.2) is 0 Å². The van der Waals surface area contributed by atoms with Crippen molar-refractivity contribution < 1.29 is 0 Å². The van der Waals surface area contributed by atoms with E-state index in [1.807, 2.05) is 0 Å². The van der Waals surface area contributed by atoms with Gasteiger partial charge in [-0.05, 0) is 46.0 Å². The van der Waals surface area contributed by atoms with Crippen molar-refractivity contribution in [2.24, 2.45) is 0 Å². The standard InChI is InChI=1S/C16H30N6/c1-5-12(3)17-14-19-15(18-13(4)6-2)21-16(20-14)22-10-8-7-9-11-22/h12-13H,5-11H2,1-4H3,(H2,17,18,19,20,21)/t12-,13-/m0/s1. The normalized spacial score (nSPS) is 17.9. The van der Waals surface area contributed by atoms with E-state index in [1.165, 1.54) is 19.3 Å². The molecule has 6 nitrogen and oxygen atoms in total. The molecule has 2 heterocycles. The minimum Gasteiger partial charge on any atom is -0.352 e. The summed E-state index contributed by atoms with van der Waals surface area (Å²) in [7, 11) is 0. The zero-order chi connectivity index (χ0) is 15.9. The lowest BCUT2D eigenvalue weighted by molar-refractivity contribution is 0.567. The maximum absolute atomic E-state index is 4.63. The van der Waals surface area contributed by atoms with Gasteiger partial charge in [0.1, 0.15) is 0 Å². The first-order valence-corrected chi connectivity index (χ1v) is 8.66. The third-order valence-corrected chi connectivity index (χ3v) is 4.24. The number of piperidine rings is 1. The van der Waals surface area contributed by atoms with Crippen molar-refractivity contribution in [2.75, 3.05) is 28.6 Å². The van der Waals surface area contributed by atoms with Crippen molar-refractivity contribution in [3.05, 3.63) is 0 Å². The summed E-state index contributed by atoms with van der Waals surface area (Å²) in [6.45, 7) is 10.7. The Labute approximate surface area is 134 Å². The predicted octanol–water partition coefficient (Wildman–Crippen LogP) is 3.28. The van der Waals surface area contributed by atoms with Gasteiger partial charge in [-0.2, -0.15) is 15.0 Å². The lowest BCUT2D eigenvalue weighted by Crippen LogP contribution is -2.32. The number of nitrogens with zero attached hydrogens (tertiary/aromatic N) is 4. The molecule has 1 aliphatic rings. The molecule has 1 aliphatic heterocycles. The fraction of sp³-hybridized carbons (Fsp3) is 0.812. The van der Waals surface area contributed by atoms with Crippen LogP contribution in [0.15, 0.2) is 0 Å². The minimum atomic E-state index is 0.355. The summed E-state index contributed by atoms with van der Waals surface area (Å²) < 4.78 is 0. The van der Waals surface area contributed by atoms with Crippen LogP contribution in [0.1, 0.15) is 59.8 Å². The largest absolute Gasteiger partial charge is 0.352 e. The van der Waals surface area contributed by atoms with E-state index < -0.39 is 0 Å². The molecule has 0 radical (unpaired) electrons. The Kier molecular flexibility index (Phi) is 6.21. The van der Waals surface area contributed by atoms with E-state index in [2.05, 4.69) is 58.2 Å². The smallest absolute Gasteiger partial charge is 0.231 e. The topological polar surface area (TPSA) is 66.0 Å². The van der Waals surface area contributed by atoms with Gasteiger partial charge in [0, 0.05) is 25.2 Å². The number of anilines is 3. The molecule has 0 unspecified atom stereocenters. The highest BCUT2D eigenvalue weighted by Gasteiger charge is 2.17. The van der Waals surface area contributed by atoms with Crippen molar-refractivity contribution in [2.45, 2.75) is 71.9 Å².